The number of nitrogens with zero attached hydrogens (tertiary/aromatic N) is 1. The number of hydrogen-bond acceptors (Lipinski definition) is 5. The van der Waals surface area contributed by atoms with Crippen molar-refractivity contribution in [2.24, 2.45) is 0 Å². The normalized spacial score (nSPS) is 24.8. The lowest BCUT2D eigenvalue weighted by molar-refractivity contribution is -0.140. The Kier molecular flexibility index (Phi) is 4.32. The van der Waals surface area contributed by atoms with Gasteiger partial charge in [0.05, 0.1) is 25.4 Å². The molecular weight excluding hydrogens is 210 g/mol. The molecule has 1 saturated heterocycles. The fourth-order valence-electron chi connectivity index (χ4n) is 1.78. The lowest BCUT2D eigenvalue weighted by Gasteiger charge is -2.41. The minimum atomic E-state index is -0.384. The molecule has 1 unspecified atom stereocenters. The second-order valence-corrected chi connectivity index (χ2v) is 4.45. The van der Waals surface area contributed by atoms with Gasteiger partial charge in [0, 0.05) is 25.4 Å². The first kappa shape index (κ1) is 13.0. The summed E-state index contributed by atoms with van der Waals surface area (Å²) in [5.74, 6) is -0.384. The monoisotopic (exact) mass is 229 g/mol. The fourth-order valence-corrected chi connectivity index (χ4v) is 1.78. The standard InChI is InChI=1S/C11H19NO4/c1-11(2)8-12(5-4-10(14)15-3)6-9(7-13)16-11/h4-5,9,13H,6-8H2,1-3H3/b5-4+. The summed E-state index contributed by atoms with van der Waals surface area (Å²) in [5, 5.41) is 9.10. The van der Waals surface area contributed by atoms with Crippen LogP contribution in [-0.4, -0.2) is 54.5 Å². The molecule has 0 aromatic carbocycles. The lowest BCUT2D eigenvalue weighted by Crippen LogP contribution is -2.51. The summed E-state index contributed by atoms with van der Waals surface area (Å²) in [5.41, 5.74) is -0.327. The van der Waals surface area contributed by atoms with E-state index in [1.165, 1.54) is 13.2 Å². The number of rotatable bonds is 3. The van der Waals surface area contributed by atoms with Crippen molar-refractivity contribution >= 4 is 5.97 Å². The predicted molar refractivity (Wildman–Crippen MR) is 58.8 cm³/mol. The van der Waals surface area contributed by atoms with Gasteiger partial charge in [-0.25, -0.2) is 4.79 Å². The van der Waals surface area contributed by atoms with E-state index in [1.807, 2.05) is 18.7 Å². The molecule has 1 heterocycles. The van der Waals surface area contributed by atoms with Crippen molar-refractivity contribution in [1.29, 1.82) is 0 Å². The van der Waals surface area contributed by atoms with Gasteiger partial charge in [0.1, 0.15) is 0 Å². The number of carbonyl (C=O) groups excluding carboxylic acids is 1. The van der Waals surface area contributed by atoms with E-state index in [2.05, 4.69) is 4.74 Å². The van der Waals surface area contributed by atoms with Crippen LogP contribution >= 0.6 is 0 Å². The van der Waals surface area contributed by atoms with Crippen molar-refractivity contribution in [1.82, 2.24) is 4.90 Å². The van der Waals surface area contributed by atoms with Crippen LogP contribution in [0.1, 0.15) is 13.8 Å². The lowest BCUT2D eigenvalue weighted by atomic mass is 10.1. The average molecular weight is 229 g/mol. The second-order valence-electron chi connectivity index (χ2n) is 4.45. The van der Waals surface area contributed by atoms with Crippen LogP contribution in [0.4, 0.5) is 0 Å². The Labute approximate surface area is 95.6 Å². The van der Waals surface area contributed by atoms with Crippen LogP contribution in [0.25, 0.3) is 0 Å². The first-order chi connectivity index (χ1) is 7.46. The molecule has 0 aromatic heterocycles. The molecule has 16 heavy (non-hydrogen) atoms. The Balaban J connectivity index is 2.60. The van der Waals surface area contributed by atoms with Gasteiger partial charge in [-0.15, -0.1) is 0 Å². The van der Waals surface area contributed by atoms with Crippen LogP contribution in [0.5, 0.6) is 0 Å². The Bertz CT molecular complexity index is 275. The van der Waals surface area contributed by atoms with Crippen molar-refractivity contribution in [3.63, 3.8) is 0 Å². The van der Waals surface area contributed by atoms with Crippen LogP contribution in [0.2, 0.25) is 0 Å². The summed E-state index contributed by atoms with van der Waals surface area (Å²) in [6.45, 7) is 5.14. The van der Waals surface area contributed by atoms with E-state index >= 15 is 0 Å². The molecule has 0 amide bonds. The number of ether oxygens (including phenoxy) is 2. The Morgan fingerprint density at radius 3 is 2.94 bits per heavy atom. The van der Waals surface area contributed by atoms with Crippen molar-refractivity contribution < 1.29 is 19.4 Å². The quantitative estimate of drug-likeness (QED) is 0.551. The van der Waals surface area contributed by atoms with E-state index in [-0.39, 0.29) is 24.3 Å². The number of hydrogen-bond donors (Lipinski definition) is 1. The van der Waals surface area contributed by atoms with Gasteiger partial charge in [0.2, 0.25) is 0 Å². The summed E-state index contributed by atoms with van der Waals surface area (Å²) < 4.78 is 10.2. The molecular formula is C11H19NO4. The molecule has 1 aliphatic heterocycles. The van der Waals surface area contributed by atoms with Crippen LogP contribution in [0.3, 0.4) is 0 Å². The molecule has 92 valence electrons. The Morgan fingerprint density at radius 1 is 1.69 bits per heavy atom. The highest BCUT2D eigenvalue weighted by atomic mass is 16.5. The summed E-state index contributed by atoms with van der Waals surface area (Å²) in [6, 6.07) is 0. The summed E-state index contributed by atoms with van der Waals surface area (Å²) in [6.07, 6.45) is 2.83. The highest BCUT2D eigenvalue weighted by Gasteiger charge is 2.31. The van der Waals surface area contributed by atoms with E-state index < -0.39 is 0 Å². The molecule has 1 rings (SSSR count). The number of aliphatic hydroxyl groups is 1. The first-order valence-corrected chi connectivity index (χ1v) is 5.26. The van der Waals surface area contributed by atoms with Gasteiger partial charge in [0.15, 0.2) is 0 Å². The number of morpholine rings is 1. The largest absolute Gasteiger partial charge is 0.466 e. The third-order valence-corrected chi connectivity index (χ3v) is 2.33. The molecule has 5 nitrogen and oxygen atoms in total. The molecule has 0 spiro atoms. The summed E-state index contributed by atoms with van der Waals surface area (Å²) in [4.78, 5) is 12.9. The van der Waals surface area contributed by atoms with Gasteiger partial charge in [-0.2, -0.15) is 0 Å². The van der Waals surface area contributed by atoms with Crippen LogP contribution in [0.15, 0.2) is 12.3 Å². The van der Waals surface area contributed by atoms with Crippen molar-refractivity contribution in [2.45, 2.75) is 25.6 Å². The number of carbonyl (C=O) groups is 1. The van der Waals surface area contributed by atoms with E-state index in [4.69, 9.17) is 9.84 Å². The van der Waals surface area contributed by atoms with E-state index in [1.54, 1.807) is 6.20 Å². The number of aliphatic hydroxyl groups excluding tert-OH is 1. The molecule has 0 bridgehead atoms. The molecule has 0 aromatic rings. The minimum Gasteiger partial charge on any atom is -0.466 e. The maximum Gasteiger partial charge on any atom is 0.331 e. The molecule has 1 N–H and O–H groups in total. The highest BCUT2D eigenvalue weighted by Crippen LogP contribution is 2.20. The Morgan fingerprint density at radius 2 is 2.38 bits per heavy atom. The minimum absolute atomic E-state index is 0.0218. The van der Waals surface area contributed by atoms with Gasteiger partial charge in [-0.1, -0.05) is 0 Å². The van der Waals surface area contributed by atoms with Gasteiger partial charge in [-0.05, 0) is 13.8 Å². The Hall–Kier alpha value is -1.07. The van der Waals surface area contributed by atoms with Crippen molar-refractivity contribution in [2.75, 3.05) is 26.8 Å². The maximum atomic E-state index is 11.0. The maximum absolute atomic E-state index is 11.0. The molecule has 0 radical (unpaired) electrons. The van der Waals surface area contributed by atoms with Crippen LogP contribution in [0, 0.1) is 0 Å². The smallest absolute Gasteiger partial charge is 0.331 e. The van der Waals surface area contributed by atoms with Crippen molar-refractivity contribution in [3.8, 4) is 0 Å². The third kappa shape index (κ3) is 3.83. The predicted octanol–water partition coefficient (Wildman–Crippen LogP) is 0.145. The zero-order valence-electron chi connectivity index (χ0n) is 9.97. The van der Waals surface area contributed by atoms with Crippen LogP contribution < -0.4 is 0 Å². The topological polar surface area (TPSA) is 59.0 Å². The van der Waals surface area contributed by atoms with Gasteiger partial charge in [-0.3, -0.25) is 0 Å². The SMILES string of the molecule is COC(=O)/C=C/N1CC(CO)OC(C)(C)C1. The zero-order valence-corrected chi connectivity index (χ0v) is 9.97. The van der Waals surface area contributed by atoms with Crippen molar-refractivity contribution in [3.05, 3.63) is 12.3 Å². The van der Waals surface area contributed by atoms with Gasteiger partial charge >= 0.3 is 5.97 Å². The second kappa shape index (κ2) is 5.32. The highest BCUT2D eigenvalue weighted by molar-refractivity contribution is 5.81. The zero-order chi connectivity index (χ0) is 12.2. The van der Waals surface area contributed by atoms with E-state index in [0.29, 0.717) is 13.1 Å². The van der Waals surface area contributed by atoms with Crippen LogP contribution in [-0.2, 0) is 14.3 Å². The molecule has 5 heteroatoms. The van der Waals surface area contributed by atoms with E-state index in [0.717, 1.165) is 0 Å². The molecule has 0 aliphatic carbocycles. The molecule has 1 fully saturated rings. The average Bonchev–Trinajstić information content (AvgIpc) is 2.23. The first-order valence-electron chi connectivity index (χ1n) is 5.26. The van der Waals surface area contributed by atoms with Gasteiger partial charge in [0.25, 0.3) is 0 Å². The number of esters is 1. The fraction of sp³-hybridized carbons (Fsp3) is 0.727. The third-order valence-electron chi connectivity index (χ3n) is 2.33. The summed E-state index contributed by atoms with van der Waals surface area (Å²) in [7, 11) is 1.34. The van der Waals surface area contributed by atoms with E-state index in [9.17, 15) is 4.79 Å². The molecule has 1 atom stereocenters. The number of methoxy groups -OCH3 is 1. The molecule has 1 aliphatic rings. The molecule has 0 saturated carbocycles. The van der Waals surface area contributed by atoms with Gasteiger partial charge < -0.3 is 19.5 Å². The summed E-state index contributed by atoms with van der Waals surface area (Å²) >= 11 is 0.